The van der Waals surface area contributed by atoms with Gasteiger partial charge in [-0.2, -0.15) is 0 Å². The molecule has 0 amide bonds. The molecule has 1 atom stereocenters. The van der Waals surface area contributed by atoms with Gasteiger partial charge >= 0.3 is 0 Å². The molecule has 0 heterocycles. The van der Waals surface area contributed by atoms with E-state index >= 15 is 0 Å². The predicted molar refractivity (Wildman–Crippen MR) is 63.5 cm³/mol. The zero-order chi connectivity index (χ0) is 9.14. The third kappa shape index (κ3) is 3.31. The first kappa shape index (κ1) is 13.0. The number of hydrogen-bond acceptors (Lipinski definition) is 1. The maximum Gasteiger partial charge on any atom is 0.0548 e. The maximum absolute atomic E-state index is 5.82. The van der Waals surface area contributed by atoms with E-state index in [-0.39, 0.29) is 18.4 Å². The lowest BCUT2D eigenvalue weighted by molar-refractivity contribution is 0.913. The van der Waals surface area contributed by atoms with Crippen LogP contribution in [0, 0.1) is 0 Å². The second-order valence-corrected chi connectivity index (χ2v) is 3.70. The molecule has 0 spiro atoms. The SMILES string of the molecule is C=C[C@@H](N)c1ccc(Cl)c(Br)c1.Cl. The predicted octanol–water partition coefficient (Wildman–Crippen LogP) is 3.71. The normalized spacial score (nSPS) is 11.6. The number of halogens is 3. The van der Waals surface area contributed by atoms with E-state index in [2.05, 4.69) is 22.5 Å². The summed E-state index contributed by atoms with van der Waals surface area (Å²) in [6.07, 6.45) is 1.69. The molecule has 1 nitrogen and oxygen atoms in total. The molecule has 0 saturated heterocycles. The summed E-state index contributed by atoms with van der Waals surface area (Å²) < 4.78 is 0.860. The molecule has 0 unspecified atom stereocenters. The molecule has 0 aliphatic carbocycles. The lowest BCUT2D eigenvalue weighted by Crippen LogP contribution is -2.05. The molecular formula is C9H10BrCl2N. The van der Waals surface area contributed by atoms with Crippen molar-refractivity contribution in [1.29, 1.82) is 0 Å². The Morgan fingerprint density at radius 2 is 2.15 bits per heavy atom. The van der Waals surface area contributed by atoms with Gasteiger partial charge < -0.3 is 5.73 Å². The van der Waals surface area contributed by atoms with E-state index in [9.17, 15) is 0 Å². The largest absolute Gasteiger partial charge is 0.321 e. The minimum Gasteiger partial charge on any atom is -0.321 e. The zero-order valence-corrected chi connectivity index (χ0v) is 9.99. The molecule has 1 aromatic carbocycles. The van der Waals surface area contributed by atoms with E-state index in [1.165, 1.54) is 0 Å². The van der Waals surface area contributed by atoms with Crippen LogP contribution in [0.5, 0.6) is 0 Å². The van der Waals surface area contributed by atoms with Gasteiger partial charge in [-0.1, -0.05) is 23.7 Å². The van der Waals surface area contributed by atoms with E-state index in [1.54, 1.807) is 6.08 Å². The van der Waals surface area contributed by atoms with Crippen LogP contribution in [0.3, 0.4) is 0 Å². The molecule has 72 valence electrons. The van der Waals surface area contributed by atoms with Crippen LogP contribution in [-0.4, -0.2) is 0 Å². The van der Waals surface area contributed by atoms with Crippen molar-refractivity contribution in [2.45, 2.75) is 6.04 Å². The topological polar surface area (TPSA) is 26.0 Å². The summed E-state index contributed by atoms with van der Waals surface area (Å²) in [5.41, 5.74) is 6.73. The molecule has 2 N–H and O–H groups in total. The molecule has 0 bridgehead atoms. The molecule has 0 fully saturated rings. The van der Waals surface area contributed by atoms with Crippen molar-refractivity contribution in [2.24, 2.45) is 5.73 Å². The summed E-state index contributed by atoms with van der Waals surface area (Å²) in [5, 5.41) is 0.690. The Kier molecular flexibility index (Phi) is 5.65. The third-order valence-electron chi connectivity index (χ3n) is 1.58. The Labute approximate surface area is 97.5 Å². The average Bonchev–Trinajstić information content (AvgIpc) is 2.08. The van der Waals surface area contributed by atoms with Gasteiger partial charge in [-0.15, -0.1) is 19.0 Å². The van der Waals surface area contributed by atoms with Gasteiger partial charge in [0.15, 0.2) is 0 Å². The lowest BCUT2D eigenvalue weighted by Gasteiger charge is -2.07. The molecule has 13 heavy (non-hydrogen) atoms. The van der Waals surface area contributed by atoms with Gasteiger partial charge in [0.05, 0.1) is 5.02 Å². The number of benzene rings is 1. The molecule has 0 aromatic heterocycles. The standard InChI is InChI=1S/C9H9BrClN.ClH/c1-2-9(12)6-3-4-8(11)7(10)5-6;/h2-5,9H,1,12H2;1H/t9-;/m1./s1. The Balaban J connectivity index is 0.00000144. The molecule has 1 aromatic rings. The van der Waals surface area contributed by atoms with Gasteiger partial charge in [0.2, 0.25) is 0 Å². The highest BCUT2D eigenvalue weighted by Crippen LogP contribution is 2.25. The van der Waals surface area contributed by atoms with E-state index in [4.69, 9.17) is 17.3 Å². The summed E-state index contributed by atoms with van der Waals surface area (Å²) in [4.78, 5) is 0. The van der Waals surface area contributed by atoms with Crippen molar-refractivity contribution in [3.8, 4) is 0 Å². The van der Waals surface area contributed by atoms with Crippen molar-refractivity contribution < 1.29 is 0 Å². The smallest absolute Gasteiger partial charge is 0.0548 e. The summed E-state index contributed by atoms with van der Waals surface area (Å²) >= 11 is 9.14. The van der Waals surface area contributed by atoms with Crippen LogP contribution in [0.2, 0.25) is 5.02 Å². The highest BCUT2D eigenvalue weighted by Gasteiger charge is 2.03. The van der Waals surface area contributed by atoms with Gasteiger partial charge in [0.25, 0.3) is 0 Å². The van der Waals surface area contributed by atoms with Gasteiger partial charge in [-0.05, 0) is 33.6 Å². The Morgan fingerprint density at radius 1 is 1.54 bits per heavy atom. The molecule has 4 heteroatoms. The van der Waals surface area contributed by atoms with Crippen LogP contribution >= 0.6 is 39.9 Å². The monoisotopic (exact) mass is 281 g/mol. The fraction of sp³-hybridized carbons (Fsp3) is 0.111. The van der Waals surface area contributed by atoms with E-state index < -0.39 is 0 Å². The highest BCUT2D eigenvalue weighted by atomic mass is 79.9. The van der Waals surface area contributed by atoms with E-state index in [0.717, 1.165) is 10.0 Å². The summed E-state index contributed by atoms with van der Waals surface area (Å²) in [6, 6.07) is 5.47. The number of nitrogens with two attached hydrogens (primary N) is 1. The first-order valence-electron chi connectivity index (χ1n) is 3.48. The second kappa shape index (κ2) is 5.66. The Morgan fingerprint density at radius 3 is 2.62 bits per heavy atom. The lowest BCUT2D eigenvalue weighted by atomic mass is 10.1. The minimum absolute atomic E-state index is 0. The van der Waals surface area contributed by atoms with Crippen molar-refractivity contribution in [3.63, 3.8) is 0 Å². The molecule has 0 radical (unpaired) electrons. The van der Waals surface area contributed by atoms with Crippen LogP contribution < -0.4 is 5.73 Å². The molecule has 1 rings (SSSR count). The van der Waals surface area contributed by atoms with Crippen LogP contribution in [0.1, 0.15) is 11.6 Å². The summed E-state index contributed by atoms with van der Waals surface area (Å²) in [5.74, 6) is 0. The number of rotatable bonds is 2. The second-order valence-electron chi connectivity index (χ2n) is 2.44. The summed E-state index contributed by atoms with van der Waals surface area (Å²) in [7, 11) is 0. The van der Waals surface area contributed by atoms with Crippen LogP contribution in [0.4, 0.5) is 0 Å². The van der Waals surface area contributed by atoms with Crippen molar-refractivity contribution >= 4 is 39.9 Å². The maximum atomic E-state index is 5.82. The van der Waals surface area contributed by atoms with Gasteiger partial charge in [0.1, 0.15) is 0 Å². The van der Waals surface area contributed by atoms with Gasteiger partial charge in [-0.25, -0.2) is 0 Å². The quantitative estimate of drug-likeness (QED) is 0.823. The summed E-state index contributed by atoms with van der Waals surface area (Å²) in [6.45, 7) is 3.62. The Hall–Kier alpha value is -0.0200. The third-order valence-corrected chi connectivity index (χ3v) is 2.80. The molecule has 0 aliphatic rings. The number of hydrogen-bond donors (Lipinski definition) is 1. The fourth-order valence-electron chi connectivity index (χ4n) is 0.856. The highest BCUT2D eigenvalue weighted by molar-refractivity contribution is 9.10. The molecule has 0 aliphatic heterocycles. The zero-order valence-electron chi connectivity index (χ0n) is 6.84. The van der Waals surface area contributed by atoms with Crippen LogP contribution in [-0.2, 0) is 0 Å². The first-order chi connectivity index (χ1) is 5.65. The van der Waals surface area contributed by atoms with Crippen molar-refractivity contribution in [1.82, 2.24) is 0 Å². The van der Waals surface area contributed by atoms with Crippen LogP contribution in [0.25, 0.3) is 0 Å². The van der Waals surface area contributed by atoms with Gasteiger partial charge in [-0.3, -0.25) is 0 Å². The Bertz CT molecular complexity index is 302. The van der Waals surface area contributed by atoms with E-state index in [0.29, 0.717) is 5.02 Å². The molecular weight excluding hydrogens is 273 g/mol. The minimum atomic E-state index is -0.126. The first-order valence-corrected chi connectivity index (χ1v) is 4.65. The van der Waals surface area contributed by atoms with Gasteiger partial charge in [0, 0.05) is 10.5 Å². The average molecular weight is 283 g/mol. The van der Waals surface area contributed by atoms with Crippen molar-refractivity contribution in [3.05, 3.63) is 45.9 Å². The van der Waals surface area contributed by atoms with Crippen molar-refractivity contribution in [2.75, 3.05) is 0 Å². The molecule has 0 saturated carbocycles. The van der Waals surface area contributed by atoms with Crippen LogP contribution in [0.15, 0.2) is 35.3 Å². The van der Waals surface area contributed by atoms with E-state index in [1.807, 2.05) is 18.2 Å². The fourth-order valence-corrected chi connectivity index (χ4v) is 1.37.